The molecule has 17 nitrogen and oxygen atoms in total. The lowest BCUT2D eigenvalue weighted by Crippen LogP contribution is -2.30. The van der Waals surface area contributed by atoms with Crippen LogP contribution in [0, 0.1) is 11.8 Å². The van der Waals surface area contributed by atoms with E-state index in [0.717, 1.165) is 108 Å². The Morgan fingerprint density at radius 2 is 0.539 bits per heavy atom. The minimum Gasteiger partial charge on any atom is -0.462 e. The van der Waals surface area contributed by atoms with E-state index in [0.29, 0.717) is 25.7 Å². The number of hydrogen-bond donors (Lipinski definition) is 3. The molecule has 89 heavy (non-hydrogen) atoms. The van der Waals surface area contributed by atoms with Gasteiger partial charge in [0, 0.05) is 25.7 Å². The van der Waals surface area contributed by atoms with Gasteiger partial charge in [-0.15, -0.1) is 0 Å². The summed E-state index contributed by atoms with van der Waals surface area (Å²) in [6, 6.07) is 0. The number of ether oxygens (including phenoxy) is 4. The molecule has 0 saturated heterocycles. The topological polar surface area (TPSA) is 237 Å². The quantitative estimate of drug-likeness (QED) is 0.0222. The molecule has 0 aromatic heterocycles. The van der Waals surface area contributed by atoms with E-state index in [-0.39, 0.29) is 25.7 Å². The Morgan fingerprint density at radius 1 is 0.315 bits per heavy atom. The Bertz CT molecular complexity index is 1740. The van der Waals surface area contributed by atoms with E-state index in [9.17, 15) is 43.2 Å². The van der Waals surface area contributed by atoms with Gasteiger partial charge >= 0.3 is 39.5 Å². The Morgan fingerprint density at radius 3 is 0.798 bits per heavy atom. The van der Waals surface area contributed by atoms with Crippen LogP contribution in [0.4, 0.5) is 0 Å². The normalized spacial score (nSPS) is 14.8. The summed E-state index contributed by atoms with van der Waals surface area (Å²) in [5.74, 6) is -0.472. The second kappa shape index (κ2) is 62.2. The minimum absolute atomic E-state index is 0.106. The molecule has 0 heterocycles. The molecular formula is C70H136O17P2. The number of aliphatic hydroxyl groups is 1. The van der Waals surface area contributed by atoms with Gasteiger partial charge in [-0.25, -0.2) is 9.13 Å². The van der Waals surface area contributed by atoms with Gasteiger partial charge in [0.2, 0.25) is 0 Å². The van der Waals surface area contributed by atoms with E-state index in [1.807, 2.05) is 0 Å². The number of carbonyl (C=O) groups excluding carboxylic acids is 4. The van der Waals surface area contributed by atoms with Crippen molar-refractivity contribution in [3.8, 4) is 0 Å². The van der Waals surface area contributed by atoms with Crippen LogP contribution in [0.1, 0.15) is 356 Å². The zero-order valence-electron chi connectivity index (χ0n) is 57.7. The average Bonchev–Trinajstić information content (AvgIpc) is 3.57. The maximum Gasteiger partial charge on any atom is 0.472 e. The van der Waals surface area contributed by atoms with E-state index < -0.39 is 97.5 Å². The van der Waals surface area contributed by atoms with Crippen molar-refractivity contribution < 1.29 is 80.2 Å². The molecular weight excluding hydrogens is 1170 g/mol. The molecule has 4 unspecified atom stereocenters. The molecule has 0 spiro atoms. The Labute approximate surface area is 543 Å². The van der Waals surface area contributed by atoms with Gasteiger partial charge in [0.15, 0.2) is 12.2 Å². The second-order valence-corrected chi connectivity index (χ2v) is 28.7. The standard InChI is InChI=1S/C70H136O17P2/c1-7-11-13-15-17-27-36-42-48-54-69(74)86-65(58-80-67(72)52-46-40-34-18-16-14-12-8-2)60-84-88(76,77)82-56-64(71)57-83-89(78,79)85-61-66(59-81-68(73)53-47-41-35-30-26-25-29-33-39-45-51-63(6)10-4)87-70(75)55-49-43-37-31-24-22-20-19-21-23-28-32-38-44-50-62(5)9-3/h62-66,71H,7-61H2,1-6H3,(H,76,77)(H,78,79)/t62?,63?,64-,65+,66+/m0/s1. The molecule has 3 N–H and O–H groups in total. The number of aliphatic hydroxyl groups excluding tert-OH is 1. The summed E-state index contributed by atoms with van der Waals surface area (Å²) in [6.45, 7) is 9.59. The van der Waals surface area contributed by atoms with Crippen LogP contribution in [0.15, 0.2) is 0 Å². The fraction of sp³-hybridized carbons (Fsp3) is 0.943. The minimum atomic E-state index is -4.95. The largest absolute Gasteiger partial charge is 0.472 e. The van der Waals surface area contributed by atoms with E-state index in [2.05, 4.69) is 41.5 Å². The van der Waals surface area contributed by atoms with E-state index in [4.69, 9.17) is 37.0 Å². The number of hydrogen-bond acceptors (Lipinski definition) is 15. The molecule has 7 atom stereocenters. The molecule has 0 fully saturated rings. The van der Waals surface area contributed by atoms with Gasteiger partial charge in [-0.05, 0) is 37.5 Å². The van der Waals surface area contributed by atoms with Crippen LogP contribution in [0.25, 0.3) is 0 Å². The SMILES string of the molecule is CCCCCCCCCCCC(=O)O[C@H](COC(=O)CCCCCCCCCC)COP(=O)(O)OC[C@H](O)COP(=O)(O)OC[C@@H](COC(=O)CCCCCCCCCCCCC(C)CC)OC(=O)CCCCCCCCCCCCCCCCC(C)CC. The highest BCUT2D eigenvalue weighted by atomic mass is 31.2. The van der Waals surface area contributed by atoms with Crippen LogP contribution in [-0.2, 0) is 65.4 Å². The number of carbonyl (C=O) groups is 4. The first kappa shape index (κ1) is 87.1. The molecule has 0 aromatic carbocycles. The summed E-state index contributed by atoms with van der Waals surface area (Å²) >= 11 is 0. The molecule has 528 valence electrons. The van der Waals surface area contributed by atoms with Crippen molar-refractivity contribution >= 4 is 39.5 Å². The maximum atomic E-state index is 13.0. The third kappa shape index (κ3) is 62.0. The second-order valence-electron chi connectivity index (χ2n) is 25.8. The summed E-state index contributed by atoms with van der Waals surface area (Å²) in [6.07, 6.45) is 47.1. The summed E-state index contributed by atoms with van der Waals surface area (Å²) in [7, 11) is -9.89. The Balaban J connectivity index is 5.20. The molecule has 0 aliphatic carbocycles. The van der Waals surface area contributed by atoms with Crippen molar-refractivity contribution in [1.29, 1.82) is 0 Å². The highest BCUT2D eigenvalue weighted by Gasteiger charge is 2.30. The average molecular weight is 1310 g/mol. The van der Waals surface area contributed by atoms with Gasteiger partial charge < -0.3 is 33.8 Å². The molecule has 0 rings (SSSR count). The molecule has 0 aliphatic rings. The third-order valence-electron chi connectivity index (χ3n) is 16.9. The fourth-order valence-electron chi connectivity index (χ4n) is 10.5. The smallest absolute Gasteiger partial charge is 0.462 e. The molecule has 19 heteroatoms. The fourth-order valence-corrected chi connectivity index (χ4v) is 12.1. The molecule has 0 amide bonds. The lowest BCUT2D eigenvalue weighted by atomic mass is 9.99. The predicted octanol–water partition coefficient (Wildman–Crippen LogP) is 20.0. The van der Waals surface area contributed by atoms with E-state index in [1.165, 1.54) is 167 Å². The lowest BCUT2D eigenvalue weighted by Gasteiger charge is -2.21. The van der Waals surface area contributed by atoms with Crippen molar-refractivity contribution in [3.63, 3.8) is 0 Å². The van der Waals surface area contributed by atoms with Crippen molar-refractivity contribution in [2.75, 3.05) is 39.6 Å². The lowest BCUT2D eigenvalue weighted by molar-refractivity contribution is -0.161. The predicted molar refractivity (Wildman–Crippen MR) is 358 cm³/mol. The van der Waals surface area contributed by atoms with E-state index in [1.54, 1.807) is 0 Å². The Kier molecular flexibility index (Phi) is 60.8. The van der Waals surface area contributed by atoms with Gasteiger partial charge in [0.1, 0.15) is 19.3 Å². The van der Waals surface area contributed by atoms with Crippen LogP contribution in [0.2, 0.25) is 0 Å². The first-order valence-electron chi connectivity index (χ1n) is 36.6. The molecule has 0 radical (unpaired) electrons. The first-order chi connectivity index (χ1) is 42.9. The summed E-state index contributed by atoms with van der Waals surface area (Å²) in [4.78, 5) is 72.4. The van der Waals surface area contributed by atoms with E-state index >= 15 is 0 Å². The highest BCUT2D eigenvalue weighted by Crippen LogP contribution is 2.45. The van der Waals surface area contributed by atoms with Crippen molar-refractivity contribution in [2.45, 2.75) is 374 Å². The van der Waals surface area contributed by atoms with Crippen molar-refractivity contribution in [3.05, 3.63) is 0 Å². The van der Waals surface area contributed by atoms with Gasteiger partial charge in [-0.3, -0.25) is 37.3 Å². The molecule has 0 saturated carbocycles. The van der Waals surface area contributed by atoms with Gasteiger partial charge in [0.25, 0.3) is 0 Å². The molecule has 0 aliphatic heterocycles. The van der Waals surface area contributed by atoms with Crippen LogP contribution < -0.4 is 0 Å². The highest BCUT2D eigenvalue weighted by molar-refractivity contribution is 7.47. The third-order valence-corrected chi connectivity index (χ3v) is 18.8. The van der Waals surface area contributed by atoms with Crippen LogP contribution in [0.5, 0.6) is 0 Å². The monoisotopic (exact) mass is 1310 g/mol. The first-order valence-corrected chi connectivity index (χ1v) is 39.6. The number of rotatable bonds is 69. The summed E-state index contributed by atoms with van der Waals surface area (Å²) < 4.78 is 68.2. The number of esters is 4. The van der Waals surface area contributed by atoms with Crippen molar-refractivity contribution in [1.82, 2.24) is 0 Å². The summed E-state index contributed by atoms with van der Waals surface area (Å²) in [5.41, 5.74) is 0. The molecule has 0 bridgehead atoms. The van der Waals surface area contributed by atoms with Crippen LogP contribution in [0.3, 0.4) is 0 Å². The Hall–Kier alpha value is -1.94. The van der Waals surface area contributed by atoms with Gasteiger partial charge in [-0.2, -0.15) is 0 Å². The zero-order chi connectivity index (χ0) is 65.7. The number of phosphoric ester groups is 2. The van der Waals surface area contributed by atoms with Gasteiger partial charge in [0.05, 0.1) is 26.4 Å². The summed E-state index contributed by atoms with van der Waals surface area (Å²) in [5, 5.41) is 10.6. The zero-order valence-corrected chi connectivity index (χ0v) is 59.5. The number of unbranched alkanes of at least 4 members (excludes halogenated alkanes) is 37. The van der Waals surface area contributed by atoms with Gasteiger partial charge in [-0.1, -0.05) is 305 Å². The van der Waals surface area contributed by atoms with Crippen LogP contribution in [-0.4, -0.2) is 96.7 Å². The van der Waals surface area contributed by atoms with Crippen molar-refractivity contribution in [2.24, 2.45) is 11.8 Å². The molecule has 0 aromatic rings. The maximum absolute atomic E-state index is 13.0. The van der Waals surface area contributed by atoms with Crippen LogP contribution >= 0.6 is 15.6 Å². The number of phosphoric acid groups is 2.